The van der Waals surface area contributed by atoms with Crippen LogP contribution in [0.5, 0.6) is 11.5 Å². The van der Waals surface area contributed by atoms with Crippen molar-refractivity contribution in [3.63, 3.8) is 0 Å². The number of fused-ring (bicyclic) bond motifs is 2. The molecule has 118 valence electrons. The highest BCUT2D eigenvalue weighted by Gasteiger charge is 2.67. The fourth-order valence-corrected chi connectivity index (χ4v) is 4.05. The number of carbonyl (C=O) groups is 2. The molecule has 2 bridgehead atoms. The topological polar surface area (TPSA) is 85.3 Å². The third kappa shape index (κ3) is 1.52. The van der Waals surface area contributed by atoms with E-state index in [0.29, 0.717) is 23.7 Å². The van der Waals surface area contributed by atoms with E-state index in [-0.39, 0.29) is 12.7 Å². The average molecular weight is 315 g/mol. The van der Waals surface area contributed by atoms with Gasteiger partial charge in [-0.25, -0.2) is 0 Å². The molecule has 23 heavy (non-hydrogen) atoms. The maximum Gasteiger partial charge on any atom is 0.310 e. The minimum atomic E-state index is -0.993. The van der Waals surface area contributed by atoms with Crippen LogP contribution in [0.4, 0.5) is 5.69 Å². The molecule has 1 spiro atoms. The molecule has 0 aliphatic carbocycles. The highest BCUT2D eigenvalue weighted by molar-refractivity contribution is 6.02. The zero-order chi connectivity index (χ0) is 15.8. The molecule has 2 saturated heterocycles. The minimum Gasteiger partial charge on any atom is -0.481 e. The Balaban J connectivity index is 1.54. The van der Waals surface area contributed by atoms with Gasteiger partial charge in [-0.2, -0.15) is 0 Å². The van der Waals surface area contributed by atoms with Gasteiger partial charge in [0.15, 0.2) is 11.5 Å². The van der Waals surface area contributed by atoms with E-state index in [1.807, 2.05) is 6.08 Å². The van der Waals surface area contributed by atoms with Crippen LogP contribution in [0, 0.1) is 11.8 Å². The van der Waals surface area contributed by atoms with Gasteiger partial charge in [0.2, 0.25) is 12.7 Å². The lowest BCUT2D eigenvalue weighted by Crippen LogP contribution is -2.39. The van der Waals surface area contributed by atoms with Gasteiger partial charge >= 0.3 is 5.97 Å². The molecule has 4 atom stereocenters. The van der Waals surface area contributed by atoms with Crippen molar-refractivity contribution in [2.24, 2.45) is 11.8 Å². The molecular weight excluding hydrogens is 302 g/mol. The van der Waals surface area contributed by atoms with Crippen LogP contribution in [0.15, 0.2) is 30.4 Å². The largest absolute Gasteiger partial charge is 0.481 e. The van der Waals surface area contributed by atoms with Crippen LogP contribution in [0.25, 0.3) is 0 Å². The summed E-state index contributed by atoms with van der Waals surface area (Å²) in [7, 11) is 0. The van der Waals surface area contributed by atoms with Crippen LogP contribution < -0.4 is 14.4 Å². The van der Waals surface area contributed by atoms with Crippen LogP contribution in [-0.4, -0.2) is 42.0 Å². The predicted octanol–water partition coefficient (Wildman–Crippen LogP) is 0.786. The number of nitrogens with zero attached hydrogens (tertiary/aromatic N) is 1. The van der Waals surface area contributed by atoms with Crippen LogP contribution >= 0.6 is 0 Å². The van der Waals surface area contributed by atoms with E-state index in [1.165, 1.54) is 0 Å². The van der Waals surface area contributed by atoms with E-state index in [9.17, 15) is 14.7 Å². The van der Waals surface area contributed by atoms with E-state index in [0.717, 1.165) is 0 Å². The van der Waals surface area contributed by atoms with Gasteiger partial charge in [0.05, 0.1) is 18.6 Å². The summed E-state index contributed by atoms with van der Waals surface area (Å²) in [6, 6.07) is 5.26. The maximum absolute atomic E-state index is 12.9. The Morgan fingerprint density at radius 2 is 2.13 bits per heavy atom. The molecule has 7 nitrogen and oxygen atoms in total. The maximum atomic E-state index is 12.9. The quantitative estimate of drug-likeness (QED) is 0.812. The molecule has 0 radical (unpaired) electrons. The molecule has 4 aliphatic rings. The van der Waals surface area contributed by atoms with Gasteiger partial charge in [-0.05, 0) is 12.1 Å². The lowest BCUT2D eigenvalue weighted by atomic mass is 9.77. The Labute approximate surface area is 131 Å². The van der Waals surface area contributed by atoms with Gasteiger partial charge < -0.3 is 24.2 Å². The van der Waals surface area contributed by atoms with E-state index >= 15 is 0 Å². The summed E-state index contributed by atoms with van der Waals surface area (Å²) in [6.07, 6.45) is 3.08. The zero-order valence-corrected chi connectivity index (χ0v) is 12.0. The first-order valence-electron chi connectivity index (χ1n) is 7.40. The normalized spacial score (nSPS) is 35.9. The minimum absolute atomic E-state index is 0.161. The van der Waals surface area contributed by atoms with Crippen LogP contribution in [0.1, 0.15) is 0 Å². The second-order valence-corrected chi connectivity index (χ2v) is 6.20. The standard InChI is InChI=1S/C16H13NO6/c18-14-13-12(15(19)20)10-3-4-16(13,23-10)6-17(14)8-1-2-9-11(5-8)22-7-21-9/h1-5,10,12-13H,6-7H2,(H,19,20)/t10-,12-,13+,16+/m1/s1. The second kappa shape index (κ2) is 4.05. The predicted molar refractivity (Wildman–Crippen MR) is 76.3 cm³/mol. The van der Waals surface area contributed by atoms with E-state index in [1.54, 1.807) is 29.2 Å². The first kappa shape index (κ1) is 13.0. The molecular formula is C16H13NO6. The Morgan fingerprint density at radius 3 is 2.96 bits per heavy atom. The third-order valence-corrected chi connectivity index (χ3v) is 5.05. The van der Waals surface area contributed by atoms with E-state index in [4.69, 9.17) is 14.2 Å². The summed E-state index contributed by atoms with van der Waals surface area (Å²) in [4.78, 5) is 26.0. The van der Waals surface area contributed by atoms with Gasteiger partial charge in [0.25, 0.3) is 0 Å². The van der Waals surface area contributed by atoms with Crippen molar-refractivity contribution >= 4 is 17.6 Å². The van der Waals surface area contributed by atoms with Crippen molar-refractivity contribution in [1.82, 2.24) is 0 Å². The van der Waals surface area contributed by atoms with Gasteiger partial charge in [-0.1, -0.05) is 12.2 Å². The molecule has 0 saturated carbocycles. The lowest BCUT2D eigenvalue weighted by Gasteiger charge is -2.21. The van der Waals surface area contributed by atoms with Crippen LogP contribution in [0.2, 0.25) is 0 Å². The van der Waals surface area contributed by atoms with Crippen molar-refractivity contribution in [2.75, 3.05) is 18.2 Å². The molecule has 1 aromatic rings. The summed E-state index contributed by atoms with van der Waals surface area (Å²) in [6.45, 7) is 0.473. The number of hydrogen-bond donors (Lipinski definition) is 1. The first-order chi connectivity index (χ1) is 11.1. The fourth-order valence-electron chi connectivity index (χ4n) is 4.05. The Morgan fingerprint density at radius 1 is 1.30 bits per heavy atom. The van der Waals surface area contributed by atoms with Crippen LogP contribution in [-0.2, 0) is 14.3 Å². The summed E-state index contributed by atoms with van der Waals surface area (Å²) in [5.74, 6) is -1.50. The van der Waals surface area contributed by atoms with E-state index in [2.05, 4.69) is 0 Å². The van der Waals surface area contributed by atoms with Gasteiger partial charge in [-0.15, -0.1) is 0 Å². The van der Waals surface area contributed by atoms with Crippen molar-refractivity contribution in [3.05, 3.63) is 30.4 Å². The van der Waals surface area contributed by atoms with Crippen molar-refractivity contribution in [1.29, 1.82) is 0 Å². The number of carboxylic acid groups (broad SMARTS) is 1. The Hall–Kier alpha value is -2.54. The van der Waals surface area contributed by atoms with E-state index < -0.39 is 29.5 Å². The van der Waals surface area contributed by atoms with Crippen LogP contribution in [0.3, 0.4) is 0 Å². The smallest absolute Gasteiger partial charge is 0.310 e. The summed E-state index contributed by atoms with van der Waals surface area (Å²) in [5.41, 5.74) is -0.172. The highest BCUT2D eigenvalue weighted by atomic mass is 16.7. The SMILES string of the molecule is O=C(O)[C@H]1[C@H]2C(=O)N(c3ccc4c(c3)OCO4)C[C@@]23C=C[C@H]1O3. The van der Waals surface area contributed by atoms with Gasteiger partial charge in [0, 0.05) is 11.8 Å². The number of amides is 1. The number of carbonyl (C=O) groups excluding carboxylic acids is 1. The molecule has 4 aliphatic heterocycles. The second-order valence-electron chi connectivity index (χ2n) is 6.20. The average Bonchev–Trinajstić information content (AvgIpc) is 3.26. The number of carboxylic acids is 1. The fraction of sp³-hybridized carbons (Fsp3) is 0.375. The Bertz CT molecular complexity index is 774. The number of ether oxygens (including phenoxy) is 3. The molecule has 0 aromatic heterocycles. The molecule has 0 unspecified atom stereocenters. The molecule has 2 fully saturated rings. The molecule has 1 N–H and O–H groups in total. The molecule has 5 rings (SSSR count). The van der Waals surface area contributed by atoms with Crippen molar-refractivity contribution < 1.29 is 28.9 Å². The lowest BCUT2D eigenvalue weighted by molar-refractivity contribution is -0.146. The molecule has 4 heterocycles. The number of hydrogen-bond acceptors (Lipinski definition) is 5. The molecule has 1 aromatic carbocycles. The first-order valence-corrected chi connectivity index (χ1v) is 7.40. The van der Waals surface area contributed by atoms with Gasteiger partial charge in [-0.3, -0.25) is 9.59 Å². The zero-order valence-electron chi connectivity index (χ0n) is 12.0. The summed E-state index contributed by atoms with van der Waals surface area (Å²) in [5, 5.41) is 9.46. The highest BCUT2D eigenvalue weighted by Crippen LogP contribution is 2.53. The number of anilines is 1. The third-order valence-electron chi connectivity index (χ3n) is 5.05. The Kier molecular flexibility index (Phi) is 2.28. The number of benzene rings is 1. The molecule has 7 heteroatoms. The van der Waals surface area contributed by atoms with Gasteiger partial charge in [0.1, 0.15) is 11.5 Å². The number of rotatable bonds is 2. The number of aliphatic carboxylic acids is 1. The van der Waals surface area contributed by atoms with Crippen molar-refractivity contribution in [2.45, 2.75) is 11.7 Å². The monoisotopic (exact) mass is 315 g/mol. The summed E-state index contributed by atoms with van der Waals surface area (Å²) >= 11 is 0. The van der Waals surface area contributed by atoms with Crippen molar-refractivity contribution in [3.8, 4) is 11.5 Å². The summed E-state index contributed by atoms with van der Waals surface area (Å²) < 4.78 is 16.5. The molecule has 1 amide bonds.